The first-order chi connectivity index (χ1) is 13.7. The Morgan fingerprint density at radius 3 is 2.52 bits per heavy atom. The van der Waals surface area contributed by atoms with E-state index in [4.69, 9.17) is 17.3 Å². The zero-order chi connectivity index (χ0) is 21.0. The summed E-state index contributed by atoms with van der Waals surface area (Å²) in [6.07, 6.45) is 0. The molecule has 0 fully saturated rings. The van der Waals surface area contributed by atoms with Gasteiger partial charge >= 0.3 is 5.97 Å². The minimum atomic E-state index is -1.35. The standard InChI is InChI=1S/C20H14ClF2N3O3/c1-7-13(15-10(21)3-4-11(23)17(15)25-7)16(19(24)27)14-9-6-8(22)2-5-12(9)26-18(14)20(28)29/h2-6,16,25-26H,1H3,(H2,24,27)(H,28,29). The van der Waals surface area contributed by atoms with Crippen LogP contribution < -0.4 is 5.73 Å². The largest absolute Gasteiger partial charge is 0.477 e. The summed E-state index contributed by atoms with van der Waals surface area (Å²) in [7, 11) is 0. The molecule has 0 bridgehead atoms. The first kappa shape index (κ1) is 18.9. The Morgan fingerprint density at radius 1 is 1.14 bits per heavy atom. The number of amides is 1. The van der Waals surface area contributed by atoms with Crippen molar-refractivity contribution in [1.82, 2.24) is 9.97 Å². The lowest BCUT2D eigenvalue weighted by Gasteiger charge is -2.16. The van der Waals surface area contributed by atoms with Crippen LogP contribution >= 0.6 is 11.6 Å². The first-order valence-corrected chi connectivity index (χ1v) is 8.88. The molecule has 4 rings (SSSR count). The fraction of sp³-hybridized carbons (Fsp3) is 0.100. The lowest BCUT2D eigenvalue weighted by molar-refractivity contribution is -0.118. The summed E-state index contributed by atoms with van der Waals surface area (Å²) in [5.74, 6) is -4.76. The average Bonchev–Trinajstić information content (AvgIpc) is 3.18. The van der Waals surface area contributed by atoms with Gasteiger partial charge < -0.3 is 20.8 Å². The molecular formula is C20H14ClF2N3O3. The van der Waals surface area contributed by atoms with E-state index in [1.54, 1.807) is 6.92 Å². The molecular weight excluding hydrogens is 404 g/mol. The van der Waals surface area contributed by atoms with E-state index >= 15 is 0 Å². The van der Waals surface area contributed by atoms with E-state index in [2.05, 4.69) is 9.97 Å². The second kappa shape index (κ2) is 6.59. The highest BCUT2D eigenvalue weighted by molar-refractivity contribution is 6.36. The highest BCUT2D eigenvalue weighted by atomic mass is 35.5. The van der Waals surface area contributed by atoms with Gasteiger partial charge in [0.05, 0.1) is 16.5 Å². The number of hydrogen-bond acceptors (Lipinski definition) is 2. The van der Waals surface area contributed by atoms with Crippen LogP contribution in [-0.4, -0.2) is 27.0 Å². The molecule has 0 aliphatic heterocycles. The van der Waals surface area contributed by atoms with Gasteiger partial charge in [-0.05, 0) is 42.8 Å². The van der Waals surface area contributed by atoms with Crippen LogP contribution in [0.4, 0.5) is 8.78 Å². The van der Waals surface area contributed by atoms with Crippen molar-refractivity contribution < 1.29 is 23.5 Å². The van der Waals surface area contributed by atoms with Crippen LogP contribution in [0.1, 0.15) is 33.2 Å². The molecule has 0 spiro atoms. The summed E-state index contributed by atoms with van der Waals surface area (Å²) < 4.78 is 28.3. The van der Waals surface area contributed by atoms with Crippen molar-refractivity contribution in [2.24, 2.45) is 5.73 Å². The number of rotatable bonds is 4. The Kier molecular flexibility index (Phi) is 4.31. The molecule has 2 aromatic carbocycles. The lowest BCUT2D eigenvalue weighted by atomic mass is 9.86. The minimum Gasteiger partial charge on any atom is -0.477 e. The third-order valence-corrected chi connectivity index (χ3v) is 5.28. The van der Waals surface area contributed by atoms with E-state index in [0.717, 1.165) is 12.1 Å². The number of primary amides is 1. The van der Waals surface area contributed by atoms with Crippen LogP contribution in [0.2, 0.25) is 5.02 Å². The molecule has 0 saturated heterocycles. The number of H-pyrrole nitrogens is 2. The lowest BCUT2D eigenvalue weighted by Crippen LogP contribution is -2.24. The average molecular weight is 418 g/mol. The molecule has 148 valence electrons. The molecule has 2 aromatic heterocycles. The van der Waals surface area contributed by atoms with Gasteiger partial charge in [-0.2, -0.15) is 0 Å². The topological polar surface area (TPSA) is 112 Å². The van der Waals surface area contributed by atoms with Gasteiger partial charge in [-0.1, -0.05) is 11.6 Å². The Hall–Kier alpha value is -3.39. The molecule has 4 aromatic rings. The number of carbonyl (C=O) groups is 2. The smallest absolute Gasteiger partial charge is 0.352 e. The zero-order valence-electron chi connectivity index (χ0n) is 14.9. The molecule has 29 heavy (non-hydrogen) atoms. The fourth-order valence-electron chi connectivity index (χ4n) is 3.82. The monoisotopic (exact) mass is 417 g/mol. The number of benzene rings is 2. The third kappa shape index (κ3) is 2.84. The number of aromatic amines is 2. The summed E-state index contributed by atoms with van der Waals surface area (Å²) in [6, 6.07) is 6.16. The second-order valence-corrected chi connectivity index (χ2v) is 7.09. The number of aromatic carboxylic acids is 1. The van der Waals surface area contributed by atoms with E-state index in [1.165, 1.54) is 18.2 Å². The normalized spacial score (nSPS) is 12.6. The highest BCUT2D eigenvalue weighted by Crippen LogP contribution is 2.41. The molecule has 1 unspecified atom stereocenters. The highest BCUT2D eigenvalue weighted by Gasteiger charge is 2.34. The maximum Gasteiger partial charge on any atom is 0.352 e. The number of carboxylic acid groups (broad SMARTS) is 1. The molecule has 5 N–H and O–H groups in total. The predicted octanol–water partition coefficient (Wildman–Crippen LogP) is 4.20. The Morgan fingerprint density at radius 2 is 1.86 bits per heavy atom. The maximum absolute atomic E-state index is 14.3. The van der Waals surface area contributed by atoms with Gasteiger partial charge in [0.15, 0.2) is 0 Å². The third-order valence-electron chi connectivity index (χ3n) is 4.97. The van der Waals surface area contributed by atoms with Crippen molar-refractivity contribution in [3.8, 4) is 0 Å². The van der Waals surface area contributed by atoms with E-state index in [0.29, 0.717) is 11.2 Å². The van der Waals surface area contributed by atoms with Gasteiger partial charge in [0, 0.05) is 27.5 Å². The van der Waals surface area contributed by atoms with Gasteiger partial charge in [-0.3, -0.25) is 4.79 Å². The van der Waals surface area contributed by atoms with Crippen LogP contribution in [-0.2, 0) is 4.79 Å². The van der Waals surface area contributed by atoms with Crippen molar-refractivity contribution in [3.63, 3.8) is 0 Å². The Bertz CT molecular complexity index is 1330. The van der Waals surface area contributed by atoms with Crippen LogP contribution in [0.3, 0.4) is 0 Å². The van der Waals surface area contributed by atoms with Gasteiger partial charge in [-0.25, -0.2) is 13.6 Å². The van der Waals surface area contributed by atoms with Crippen LogP contribution in [0.15, 0.2) is 30.3 Å². The van der Waals surface area contributed by atoms with E-state index in [-0.39, 0.29) is 38.1 Å². The van der Waals surface area contributed by atoms with E-state index < -0.39 is 29.4 Å². The minimum absolute atomic E-state index is 0.0103. The maximum atomic E-state index is 14.3. The van der Waals surface area contributed by atoms with Crippen LogP contribution in [0.5, 0.6) is 0 Å². The number of carboxylic acids is 1. The number of aryl methyl sites for hydroxylation is 1. The van der Waals surface area contributed by atoms with Gasteiger partial charge in [0.25, 0.3) is 0 Å². The summed E-state index contributed by atoms with van der Waals surface area (Å²) in [5.41, 5.74) is 6.37. The summed E-state index contributed by atoms with van der Waals surface area (Å²) in [4.78, 5) is 30.0. The number of aromatic nitrogens is 2. The molecule has 0 radical (unpaired) electrons. The molecule has 0 aliphatic carbocycles. The predicted molar refractivity (Wildman–Crippen MR) is 104 cm³/mol. The van der Waals surface area contributed by atoms with Gasteiger partial charge in [0.1, 0.15) is 17.3 Å². The number of nitrogens with one attached hydrogen (secondary N) is 2. The summed E-state index contributed by atoms with van der Waals surface area (Å²) >= 11 is 6.28. The summed E-state index contributed by atoms with van der Waals surface area (Å²) in [6.45, 7) is 1.59. The van der Waals surface area contributed by atoms with Crippen molar-refractivity contribution in [2.75, 3.05) is 0 Å². The molecule has 1 atom stereocenters. The van der Waals surface area contributed by atoms with Gasteiger partial charge in [0.2, 0.25) is 5.91 Å². The van der Waals surface area contributed by atoms with Crippen molar-refractivity contribution in [2.45, 2.75) is 12.8 Å². The molecule has 2 heterocycles. The molecule has 0 aliphatic rings. The van der Waals surface area contributed by atoms with Gasteiger partial charge in [-0.15, -0.1) is 0 Å². The zero-order valence-corrected chi connectivity index (χ0v) is 15.7. The number of fused-ring (bicyclic) bond motifs is 2. The van der Waals surface area contributed by atoms with Crippen LogP contribution in [0, 0.1) is 18.6 Å². The summed E-state index contributed by atoms with van der Waals surface area (Å²) in [5, 5.41) is 10.2. The second-order valence-electron chi connectivity index (χ2n) is 6.69. The first-order valence-electron chi connectivity index (χ1n) is 8.50. The van der Waals surface area contributed by atoms with Crippen molar-refractivity contribution >= 4 is 45.3 Å². The van der Waals surface area contributed by atoms with E-state index in [9.17, 15) is 23.5 Å². The molecule has 9 heteroatoms. The molecule has 6 nitrogen and oxygen atoms in total. The number of halogens is 3. The Balaban J connectivity index is 2.15. The quantitative estimate of drug-likeness (QED) is 0.399. The Labute approximate surface area is 167 Å². The van der Waals surface area contributed by atoms with Crippen LogP contribution in [0.25, 0.3) is 21.8 Å². The SMILES string of the molecule is Cc1[nH]c2c(F)ccc(Cl)c2c1C(C(N)=O)c1c(C(=O)O)[nH]c2ccc(F)cc12. The van der Waals surface area contributed by atoms with E-state index in [1.807, 2.05) is 0 Å². The van der Waals surface area contributed by atoms with Crippen molar-refractivity contribution in [3.05, 3.63) is 69.5 Å². The number of carbonyl (C=O) groups excluding carboxylic acids is 1. The molecule has 0 saturated carbocycles. The molecule has 1 amide bonds. The number of nitrogens with two attached hydrogens (primary N) is 1. The fourth-order valence-corrected chi connectivity index (χ4v) is 4.08. The van der Waals surface area contributed by atoms with Crippen molar-refractivity contribution in [1.29, 1.82) is 0 Å². The number of hydrogen-bond donors (Lipinski definition) is 4.